The molecule has 0 saturated heterocycles. The van der Waals surface area contributed by atoms with E-state index in [1.54, 1.807) is 12.1 Å². The normalized spacial score (nSPS) is 9.83. The van der Waals surface area contributed by atoms with Crippen LogP contribution in [0.25, 0.3) is 0 Å². The lowest BCUT2D eigenvalue weighted by atomic mass is 10.1. The number of para-hydroxylation sites is 1. The van der Waals surface area contributed by atoms with Crippen LogP contribution in [0.2, 0.25) is 0 Å². The van der Waals surface area contributed by atoms with Gasteiger partial charge in [0.05, 0.1) is 11.3 Å². The number of rotatable bonds is 6. The smallest absolute Gasteiger partial charge is 0.257 e. The molecule has 0 unspecified atom stereocenters. The second-order valence-corrected chi connectivity index (χ2v) is 3.73. The van der Waals surface area contributed by atoms with Gasteiger partial charge in [0.15, 0.2) is 12.4 Å². The van der Waals surface area contributed by atoms with Crippen LogP contribution in [0.15, 0.2) is 18.2 Å². The van der Waals surface area contributed by atoms with Crippen LogP contribution < -0.4 is 21.5 Å². The molecule has 1 rings (SSSR count). The molecule has 98 valence electrons. The zero-order chi connectivity index (χ0) is 13.5. The Morgan fingerprint density at radius 1 is 1.39 bits per heavy atom. The van der Waals surface area contributed by atoms with E-state index >= 15 is 0 Å². The quantitative estimate of drug-likeness (QED) is 0.631. The van der Waals surface area contributed by atoms with Crippen molar-refractivity contribution in [3.8, 4) is 5.75 Å². The molecule has 1 aromatic carbocycles. The fraction of sp³-hybridized carbons (Fsp3) is 0.333. The van der Waals surface area contributed by atoms with Crippen LogP contribution >= 0.6 is 0 Å². The molecule has 0 spiro atoms. The Labute approximate surface area is 105 Å². The van der Waals surface area contributed by atoms with E-state index < -0.39 is 5.91 Å². The molecule has 0 aromatic heterocycles. The minimum atomic E-state index is -0.647. The number of nitrogen functional groups attached to an aromatic ring is 1. The van der Waals surface area contributed by atoms with Crippen molar-refractivity contribution in [2.75, 3.05) is 18.9 Å². The topological polar surface area (TPSA) is 107 Å². The average Bonchev–Trinajstić information content (AvgIpc) is 2.34. The summed E-state index contributed by atoms with van der Waals surface area (Å²) in [5.41, 5.74) is 11.3. The fourth-order valence-corrected chi connectivity index (χ4v) is 1.36. The van der Waals surface area contributed by atoms with E-state index in [-0.39, 0.29) is 29.5 Å². The Bertz CT molecular complexity index is 446. The molecule has 0 fully saturated rings. The fourth-order valence-electron chi connectivity index (χ4n) is 1.36. The van der Waals surface area contributed by atoms with Crippen LogP contribution in [0.4, 0.5) is 5.69 Å². The van der Waals surface area contributed by atoms with E-state index in [2.05, 4.69) is 5.32 Å². The lowest BCUT2D eigenvalue weighted by Gasteiger charge is -2.11. The number of ether oxygens (including phenoxy) is 1. The highest BCUT2D eigenvalue weighted by Gasteiger charge is 2.13. The van der Waals surface area contributed by atoms with Crippen molar-refractivity contribution in [1.29, 1.82) is 0 Å². The van der Waals surface area contributed by atoms with Gasteiger partial charge in [0.1, 0.15) is 0 Å². The van der Waals surface area contributed by atoms with Crippen molar-refractivity contribution in [2.24, 2.45) is 5.73 Å². The third-order valence-corrected chi connectivity index (χ3v) is 2.23. The highest BCUT2D eigenvalue weighted by molar-refractivity contribution is 5.97. The number of hydrogen-bond donors (Lipinski definition) is 3. The first-order valence-corrected chi connectivity index (χ1v) is 5.64. The molecule has 0 saturated carbocycles. The van der Waals surface area contributed by atoms with Gasteiger partial charge in [0, 0.05) is 6.54 Å². The van der Waals surface area contributed by atoms with E-state index in [4.69, 9.17) is 16.2 Å². The van der Waals surface area contributed by atoms with Gasteiger partial charge in [0.25, 0.3) is 11.8 Å². The van der Waals surface area contributed by atoms with E-state index in [1.165, 1.54) is 6.07 Å². The first kappa shape index (κ1) is 13.8. The highest BCUT2D eigenvalue weighted by atomic mass is 16.5. The van der Waals surface area contributed by atoms with Gasteiger partial charge in [0.2, 0.25) is 0 Å². The van der Waals surface area contributed by atoms with E-state index in [0.29, 0.717) is 6.54 Å². The maximum atomic E-state index is 11.4. The van der Waals surface area contributed by atoms with Gasteiger partial charge in [-0.2, -0.15) is 0 Å². The summed E-state index contributed by atoms with van der Waals surface area (Å²) < 4.78 is 5.25. The number of carbonyl (C=O) groups excluding carboxylic acids is 2. The summed E-state index contributed by atoms with van der Waals surface area (Å²) in [4.78, 5) is 22.6. The second-order valence-electron chi connectivity index (χ2n) is 3.73. The van der Waals surface area contributed by atoms with Crippen molar-refractivity contribution in [3.63, 3.8) is 0 Å². The Hall–Kier alpha value is -2.24. The van der Waals surface area contributed by atoms with Gasteiger partial charge in [-0.25, -0.2) is 0 Å². The molecule has 0 aliphatic rings. The minimum absolute atomic E-state index is 0.150. The van der Waals surface area contributed by atoms with Crippen molar-refractivity contribution in [2.45, 2.75) is 13.3 Å². The van der Waals surface area contributed by atoms with E-state index in [0.717, 1.165) is 6.42 Å². The molecule has 0 aliphatic carbocycles. The van der Waals surface area contributed by atoms with E-state index in [9.17, 15) is 9.59 Å². The molecular weight excluding hydrogens is 234 g/mol. The summed E-state index contributed by atoms with van der Waals surface area (Å²) in [5, 5.41) is 2.65. The predicted molar refractivity (Wildman–Crippen MR) is 68.2 cm³/mol. The number of anilines is 1. The molecular formula is C12H17N3O3. The highest BCUT2D eigenvalue weighted by Crippen LogP contribution is 2.25. The summed E-state index contributed by atoms with van der Waals surface area (Å²) in [6.45, 7) is 2.32. The minimum Gasteiger partial charge on any atom is -0.481 e. The van der Waals surface area contributed by atoms with Crippen LogP contribution in [0.1, 0.15) is 23.7 Å². The molecule has 0 radical (unpaired) electrons. The summed E-state index contributed by atoms with van der Waals surface area (Å²) in [6.07, 6.45) is 0.839. The zero-order valence-electron chi connectivity index (χ0n) is 10.2. The molecule has 0 aliphatic heterocycles. The summed E-state index contributed by atoms with van der Waals surface area (Å²) >= 11 is 0. The number of hydrogen-bond acceptors (Lipinski definition) is 4. The molecule has 0 heterocycles. The van der Waals surface area contributed by atoms with Crippen molar-refractivity contribution in [3.05, 3.63) is 23.8 Å². The molecule has 6 nitrogen and oxygen atoms in total. The predicted octanol–water partition coefficient (Wildman–Crippen LogP) is 0.273. The average molecular weight is 251 g/mol. The molecule has 18 heavy (non-hydrogen) atoms. The summed E-state index contributed by atoms with van der Waals surface area (Å²) in [5.74, 6) is -0.765. The lowest BCUT2D eigenvalue weighted by molar-refractivity contribution is -0.123. The Morgan fingerprint density at radius 3 is 2.72 bits per heavy atom. The zero-order valence-corrected chi connectivity index (χ0v) is 10.2. The monoisotopic (exact) mass is 251 g/mol. The third kappa shape index (κ3) is 3.65. The first-order chi connectivity index (χ1) is 8.56. The summed E-state index contributed by atoms with van der Waals surface area (Å²) in [6, 6.07) is 4.67. The molecule has 5 N–H and O–H groups in total. The van der Waals surface area contributed by atoms with Crippen LogP contribution in [0.5, 0.6) is 5.75 Å². The Morgan fingerprint density at radius 2 is 2.11 bits per heavy atom. The number of nitrogens with one attached hydrogen (secondary N) is 1. The van der Waals surface area contributed by atoms with Gasteiger partial charge in [-0.3, -0.25) is 9.59 Å². The van der Waals surface area contributed by atoms with Crippen molar-refractivity contribution >= 4 is 17.5 Å². The standard InChI is InChI=1S/C12H17N3O3/c1-2-6-15-10(16)7-18-11-8(12(14)17)4-3-5-9(11)13/h3-5H,2,6-7,13H2,1H3,(H2,14,17)(H,15,16). The number of carbonyl (C=O) groups is 2. The van der Waals surface area contributed by atoms with Crippen LogP contribution in [-0.4, -0.2) is 25.0 Å². The summed E-state index contributed by atoms with van der Waals surface area (Å²) in [7, 11) is 0. The maximum Gasteiger partial charge on any atom is 0.257 e. The van der Waals surface area contributed by atoms with Gasteiger partial charge >= 0.3 is 0 Å². The molecule has 1 aromatic rings. The van der Waals surface area contributed by atoms with Crippen LogP contribution in [0, 0.1) is 0 Å². The van der Waals surface area contributed by atoms with E-state index in [1.807, 2.05) is 6.92 Å². The lowest BCUT2D eigenvalue weighted by Crippen LogP contribution is -2.30. The first-order valence-electron chi connectivity index (χ1n) is 5.64. The van der Waals surface area contributed by atoms with Gasteiger partial charge in [-0.05, 0) is 18.6 Å². The van der Waals surface area contributed by atoms with Crippen molar-refractivity contribution < 1.29 is 14.3 Å². The Balaban J connectivity index is 2.72. The molecule has 0 atom stereocenters. The largest absolute Gasteiger partial charge is 0.481 e. The number of primary amides is 1. The third-order valence-electron chi connectivity index (χ3n) is 2.23. The second kappa shape index (κ2) is 6.48. The van der Waals surface area contributed by atoms with Gasteiger partial charge < -0.3 is 21.5 Å². The number of benzene rings is 1. The van der Waals surface area contributed by atoms with Crippen LogP contribution in [0.3, 0.4) is 0 Å². The maximum absolute atomic E-state index is 11.4. The number of amides is 2. The molecule has 2 amide bonds. The molecule has 6 heteroatoms. The van der Waals surface area contributed by atoms with Gasteiger partial charge in [-0.15, -0.1) is 0 Å². The molecule has 0 bridgehead atoms. The SMILES string of the molecule is CCCNC(=O)COc1c(N)cccc1C(N)=O. The number of nitrogens with two attached hydrogens (primary N) is 2. The van der Waals surface area contributed by atoms with Gasteiger partial charge in [-0.1, -0.05) is 13.0 Å². The van der Waals surface area contributed by atoms with Crippen molar-refractivity contribution in [1.82, 2.24) is 5.32 Å². The van der Waals surface area contributed by atoms with Crippen LogP contribution in [-0.2, 0) is 4.79 Å². The Kier molecular flexibility index (Phi) is 4.98.